The van der Waals surface area contributed by atoms with Crippen LogP contribution in [0.3, 0.4) is 0 Å². The highest BCUT2D eigenvalue weighted by molar-refractivity contribution is 6.35. The molecule has 0 aromatic heterocycles. The number of anilines is 1. The highest BCUT2D eigenvalue weighted by atomic mass is 19.1. The van der Waals surface area contributed by atoms with Gasteiger partial charge in [-0.1, -0.05) is 31.2 Å². The second-order valence-corrected chi connectivity index (χ2v) is 7.58. The number of rotatable bonds is 6. The molecule has 6 nitrogen and oxygen atoms in total. The van der Waals surface area contributed by atoms with Gasteiger partial charge in [0.2, 0.25) is 5.91 Å². The molecule has 1 N–H and O–H groups in total. The molecule has 3 rings (SSSR count). The number of halogens is 1. The number of amides is 3. The van der Waals surface area contributed by atoms with Crippen molar-refractivity contribution in [2.45, 2.75) is 39.8 Å². The predicted molar refractivity (Wildman–Crippen MR) is 112 cm³/mol. The van der Waals surface area contributed by atoms with Crippen molar-refractivity contribution < 1.29 is 18.8 Å². The minimum absolute atomic E-state index is 0.226. The summed E-state index contributed by atoms with van der Waals surface area (Å²) in [6, 6.07) is 10.9. The van der Waals surface area contributed by atoms with Crippen LogP contribution in [0.4, 0.5) is 10.1 Å². The molecule has 0 spiro atoms. The summed E-state index contributed by atoms with van der Waals surface area (Å²) in [5, 5.41) is 2.90. The van der Waals surface area contributed by atoms with Crippen molar-refractivity contribution in [2.24, 2.45) is 0 Å². The highest BCUT2D eigenvalue weighted by Crippen LogP contribution is 2.20. The Hall–Kier alpha value is -3.22. The summed E-state index contributed by atoms with van der Waals surface area (Å²) in [5.74, 6) is -2.00. The Morgan fingerprint density at radius 1 is 1.07 bits per heavy atom. The standard InChI is InChI=1S/C23H26FN3O3/c1-4-20(21(28)25-19-13-15(2)5-6-16(19)3)27-12-11-26(22(29)23(27)30)14-17-7-9-18(24)10-8-17/h5-10,13,20H,4,11-12,14H2,1-3H3,(H,25,28). The molecule has 1 heterocycles. The third kappa shape index (κ3) is 4.67. The minimum atomic E-state index is -0.727. The van der Waals surface area contributed by atoms with Gasteiger partial charge in [-0.25, -0.2) is 4.39 Å². The van der Waals surface area contributed by atoms with Gasteiger partial charge >= 0.3 is 11.8 Å². The number of benzene rings is 2. The van der Waals surface area contributed by atoms with Gasteiger partial charge in [-0.15, -0.1) is 0 Å². The molecule has 158 valence electrons. The Morgan fingerprint density at radius 2 is 1.77 bits per heavy atom. The average molecular weight is 411 g/mol. The van der Waals surface area contributed by atoms with Gasteiger partial charge in [-0.2, -0.15) is 0 Å². The van der Waals surface area contributed by atoms with Crippen molar-refractivity contribution in [3.63, 3.8) is 0 Å². The monoisotopic (exact) mass is 411 g/mol. The van der Waals surface area contributed by atoms with Gasteiger partial charge in [0.15, 0.2) is 0 Å². The second-order valence-electron chi connectivity index (χ2n) is 7.58. The van der Waals surface area contributed by atoms with E-state index in [4.69, 9.17) is 0 Å². The lowest BCUT2D eigenvalue weighted by molar-refractivity contribution is -0.159. The van der Waals surface area contributed by atoms with Crippen LogP contribution < -0.4 is 5.32 Å². The summed E-state index contributed by atoms with van der Waals surface area (Å²) < 4.78 is 13.1. The van der Waals surface area contributed by atoms with Crippen LogP contribution in [-0.2, 0) is 20.9 Å². The van der Waals surface area contributed by atoms with Gasteiger partial charge in [0.25, 0.3) is 0 Å². The first-order valence-corrected chi connectivity index (χ1v) is 10.0. The molecule has 0 saturated carbocycles. The lowest BCUT2D eigenvalue weighted by Crippen LogP contribution is -2.59. The molecule has 7 heteroatoms. The molecule has 2 aromatic rings. The molecule has 0 radical (unpaired) electrons. The maximum atomic E-state index is 13.1. The lowest BCUT2D eigenvalue weighted by Gasteiger charge is -2.37. The topological polar surface area (TPSA) is 69.7 Å². The van der Waals surface area contributed by atoms with Crippen molar-refractivity contribution in [1.82, 2.24) is 9.80 Å². The van der Waals surface area contributed by atoms with Crippen LogP contribution in [0.15, 0.2) is 42.5 Å². The number of piperazine rings is 1. The van der Waals surface area contributed by atoms with Gasteiger partial charge in [-0.05, 0) is 55.2 Å². The quantitative estimate of drug-likeness (QED) is 0.743. The number of aryl methyl sites for hydroxylation is 2. The number of hydrogen-bond acceptors (Lipinski definition) is 3. The maximum Gasteiger partial charge on any atom is 0.312 e. The Labute approximate surface area is 175 Å². The normalized spacial score (nSPS) is 15.3. The third-order valence-electron chi connectivity index (χ3n) is 5.35. The molecule has 2 aromatic carbocycles. The van der Waals surface area contributed by atoms with Gasteiger partial charge in [0.1, 0.15) is 11.9 Å². The van der Waals surface area contributed by atoms with Crippen LogP contribution in [0.2, 0.25) is 0 Å². The van der Waals surface area contributed by atoms with Crippen molar-refractivity contribution in [3.8, 4) is 0 Å². The fourth-order valence-corrected chi connectivity index (χ4v) is 3.58. The molecule has 0 aliphatic carbocycles. The first-order chi connectivity index (χ1) is 14.3. The summed E-state index contributed by atoms with van der Waals surface area (Å²) >= 11 is 0. The summed E-state index contributed by atoms with van der Waals surface area (Å²) in [7, 11) is 0. The van der Waals surface area contributed by atoms with Crippen LogP contribution in [0.25, 0.3) is 0 Å². The van der Waals surface area contributed by atoms with Crippen LogP contribution in [0, 0.1) is 19.7 Å². The van der Waals surface area contributed by atoms with E-state index in [1.807, 2.05) is 39.0 Å². The third-order valence-corrected chi connectivity index (χ3v) is 5.35. The molecule has 3 amide bonds. The number of hydrogen-bond donors (Lipinski definition) is 1. The number of nitrogens with zero attached hydrogens (tertiary/aromatic N) is 2. The van der Waals surface area contributed by atoms with Crippen molar-refractivity contribution in [1.29, 1.82) is 0 Å². The molecule has 1 aliphatic rings. The van der Waals surface area contributed by atoms with E-state index < -0.39 is 17.9 Å². The molecule has 30 heavy (non-hydrogen) atoms. The summed E-state index contributed by atoms with van der Waals surface area (Å²) in [6.07, 6.45) is 0.397. The van der Waals surface area contributed by atoms with Crippen LogP contribution in [0.1, 0.15) is 30.0 Å². The van der Waals surface area contributed by atoms with Gasteiger partial charge < -0.3 is 15.1 Å². The predicted octanol–water partition coefficient (Wildman–Crippen LogP) is 3.03. The molecular weight excluding hydrogens is 385 g/mol. The smallest absolute Gasteiger partial charge is 0.312 e. The molecule has 1 saturated heterocycles. The number of carbonyl (C=O) groups is 3. The van der Waals surface area contributed by atoms with Crippen LogP contribution >= 0.6 is 0 Å². The minimum Gasteiger partial charge on any atom is -0.328 e. The molecule has 1 unspecified atom stereocenters. The van der Waals surface area contributed by atoms with Gasteiger partial charge in [0.05, 0.1) is 0 Å². The Balaban J connectivity index is 1.69. The lowest BCUT2D eigenvalue weighted by atomic mass is 10.1. The van der Waals surface area contributed by atoms with Crippen LogP contribution in [0.5, 0.6) is 0 Å². The van der Waals surface area contributed by atoms with Crippen molar-refractivity contribution in [3.05, 3.63) is 65.0 Å². The highest BCUT2D eigenvalue weighted by Gasteiger charge is 2.38. The zero-order valence-corrected chi connectivity index (χ0v) is 17.4. The van der Waals surface area contributed by atoms with E-state index in [0.717, 1.165) is 16.7 Å². The largest absolute Gasteiger partial charge is 0.328 e. The zero-order chi connectivity index (χ0) is 21.8. The van der Waals surface area contributed by atoms with E-state index in [0.29, 0.717) is 18.7 Å². The van der Waals surface area contributed by atoms with Gasteiger partial charge in [-0.3, -0.25) is 14.4 Å². The summed E-state index contributed by atoms with van der Waals surface area (Å²) in [5.41, 5.74) is 3.39. The second kappa shape index (κ2) is 9.07. The number of carbonyl (C=O) groups excluding carboxylic acids is 3. The zero-order valence-electron chi connectivity index (χ0n) is 17.4. The molecular formula is C23H26FN3O3. The van der Waals surface area contributed by atoms with Crippen molar-refractivity contribution in [2.75, 3.05) is 18.4 Å². The molecule has 1 fully saturated rings. The Kier molecular flexibility index (Phi) is 6.50. The van der Waals surface area contributed by atoms with Crippen molar-refractivity contribution >= 4 is 23.4 Å². The fraction of sp³-hybridized carbons (Fsp3) is 0.348. The first-order valence-electron chi connectivity index (χ1n) is 10.0. The molecule has 0 bridgehead atoms. The van der Waals surface area contributed by atoms with Crippen LogP contribution in [-0.4, -0.2) is 46.7 Å². The number of nitrogens with one attached hydrogen (secondary N) is 1. The Morgan fingerprint density at radius 3 is 2.43 bits per heavy atom. The van der Waals surface area contributed by atoms with E-state index >= 15 is 0 Å². The maximum absolute atomic E-state index is 13.1. The summed E-state index contributed by atoms with van der Waals surface area (Å²) in [6.45, 7) is 6.47. The SMILES string of the molecule is CCC(C(=O)Nc1cc(C)ccc1C)N1CCN(Cc2ccc(F)cc2)C(=O)C1=O. The molecule has 1 atom stereocenters. The summed E-state index contributed by atoms with van der Waals surface area (Å²) in [4.78, 5) is 41.1. The Bertz CT molecular complexity index is 959. The van der Waals surface area contributed by atoms with E-state index in [1.54, 1.807) is 12.1 Å². The first kappa shape index (κ1) is 21.5. The average Bonchev–Trinajstić information content (AvgIpc) is 2.72. The van der Waals surface area contributed by atoms with E-state index in [2.05, 4.69) is 5.32 Å². The van der Waals surface area contributed by atoms with E-state index in [1.165, 1.54) is 21.9 Å². The van der Waals surface area contributed by atoms with E-state index in [9.17, 15) is 18.8 Å². The fourth-order valence-electron chi connectivity index (χ4n) is 3.58. The van der Waals surface area contributed by atoms with E-state index in [-0.39, 0.29) is 24.8 Å². The molecule has 1 aliphatic heterocycles. The van der Waals surface area contributed by atoms with Gasteiger partial charge in [0, 0.05) is 25.3 Å².